The second-order valence-electron chi connectivity index (χ2n) is 6.97. The number of fused-ring (bicyclic) bond motifs is 1. The molecule has 0 radical (unpaired) electrons. The lowest BCUT2D eigenvalue weighted by Crippen LogP contribution is -2.43. The van der Waals surface area contributed by atoms with E-state index in [9.17, 15) is 4.79 Å². The standard InChI is InChI=1S/C21H26N4O2/c1-15-8-9-16-6-4-5-7-19(16)25(15)20(26)14-27-23-21(22)17-10-12-18(13-11-17)24(2)3/h4-7,10-13,15H,8-9,14H2,1-3H3,(H2,22,23)/t15-/m1/s1. The summed E-state index contributed by atoms with van der Waals surface area (Å²) in [6.07, 6.45) is 1.92. The molecular formula is C21H26N4O2. The maximum atomic E-state index is 12.7. The molecule has 6 nitrogen and oxygen atoms in total. The zero-order valence-electron chi connectivity index (χ0n) is 16.1. The molecule has 2 aromatic carbocycles. The Morgan fingerprint density at radius 2 is 1.93 bits per heavy atom. The zero-order chi connectivity index (χ0) is 19.4. The summed E-state index contributed by atoms with van der Waals surface area (Å²) >= 11 is 0. The molecule has 1 amide bonds. The van der Waals surface area contributed by atoms with E-state index < -0.39 is 0 Å². The van der Waals surface area contributed by atoms with Crippen molar-refractivity contribution in [3.63, 3.8) is 0 Å². The molecular weight excluding hydrogens is 340 g/mol. The number of carbonyl (C=O) groups is 1. The number of hydrogen-bond acceptors (Lipinski definition) is 4. The number of hydrogen-bond donors (Lipinski definition) is 1. The average Bonchev–Trinajstić information content (AvgIpc) is 2.67. The van der Waals surface area contributed by atoms with Gasteiger partial charge in [0.25, 0.3) is 5.91 Å². The molecule has 1 aliphatic heterocycles. The summed E-state index contributed by atoms with van der Waals surface area (Å²) in [7, 11) is 3.95. The Morgan fingerprint density at radius 3 is 2.63 bits per heavy atom. The molecule has 0 aromatic heterocycles. The second-order valence-corrected chi connectivity index (χ2v) is 6.97. The lowest BCUT2D eigenvalue weighted by molar-refractivity contribution is -0.123. The smallest absolute Gasteiger partial charge is 0.268 e. The average molecular weight is 366 g/mol. The van der Waals surface area contributed by atoms with E-state index in [4.69, 9.17) is 10.6 Å². The van der Waals surface area contributed by atoms with Crippen LogP contribution in [0.15, 0.2) is 53.7 Å². The Hall–Kier alpha value is -3.02. The van der Waals surface area contributed by atoms with Crippen molar-refractivity contribution in [2.24, 2.45) is 10.9 Å². The van der Waals surface area contributed by atoms with Crippen molar-refractivity contribution in [2.75, 3.05) is 30.5 Å². The molecule has 0 spiro atoms. The van der Waals surface area contributed by atoms with Crippen molar-refractivity contribution in [2.45, 2.75) is 25.8 Å². The number of oxime groups is 1. The normalized spacial score (nSPS) is 16.6. The first-order chi connectivity index (χ1) is 13.0. The number of anilines is 2. The largest absolute Gasteiger partial charge is 0.384 e. The highest BCUT2D eigenvalue weighted by Gasteiger charge is 2.28. The molecule has 1 aliphatic rings. The molecule has 0 saturated heterocycles. The third-order valence-electron chi connectivity index (χ3n) is 4.82. The van der Waals surface area contributed by atoms with E-state index in [0.717, 1.165) is 29.8 Å². The number of rotatable bonds is 5. The predicted molar refractivity (Wildman–Crippen MR) is 109 cm³/mol. The summed E-state index contributed by atoms with van der Waals surface area (Å²) in [6, 6.07) is 15.8. The molecule has 27 heavy (non-hydrogen) atoms. The number of aryl methyl sites for hydroxylation is 1. The first-order valence-corrected chi connectivity index (χ1v) is 9.10. The van der Waals surface area contributed by atoms with Crippen LogP contribution in [-0.2, 0) is 16.1 Å². The van der Waals surface area contributed by atoms with Gasteiger partial charge in [-0.15, -0.1) is 0 Å². The summed E-state index contributed by atoms with van der Waals surface area (Å²) < 4.78 is 0. The minimum Gasteiger partial charge on any atom is -0.384 e. The lowest BCUT2D eigenvalue weighted by Gasteiger charge is -2.34. The monoisotopic (exact) mass is 366 g/mol. The van der Waals surface area contributed by atoms with Crippen LogP contribution in [0.1, 0.15) is 24.5 Å². The van der Waals surface area contributed by atoms with E-state index in [1.807, 2.05) is 61.5 Å². The fourth-order valence-electron chi connectivity index (χ4n) is 3.28. The van der Waals surface area contributed by atoms with E-state index in [-0.39, 0.29) is 24.4 Å². The van der Waals surface area contributed by atoms with E-state index >= 15 is 0 Å². The Morgan fingerprint density at radius 1 is 1.22 bits per heavy atom. The van der Waals surface area contributed by atoms with Gasteiger partial charge in [-0.25, -0.2) is 0 Å². The Kier molecular flexibility index (Phi) is 5.64. The van der Waals surface area contributed by atoms with Crippen LogP contribution in [0.3, 0.4) is 0 Å². The number of benzene rings is 2. The molecule has 1 heterocycles. The van der Waals surface area contributed by atoms with Crippen molar-refractivity contribution in [1.82, 2.24) is 0 Å². The van der Waals surface area contributed by atoms with Gasteiger partial charge in [0.15, 0.2) is 12.4 Å². The van der Waals surface area contributed by atoms with Crippen LogP contribution in [0.5, 0.6) is 0 Å². The lowest BCUT2D eigenvalue weighted by atomic mass is 9.96. The molecule has 2 aromatic rings. The van der Waals surface area contributed by atoms with Crippen LogP contribution in [0.2, 0.25) is 0 Å². The van der Waals surface area contributed by atoms with Crippen molar-refractivity contribution in [1.29, 1.82) is 0 Å². The van der Waals surface area contributed by atoms with Crippen molar-refractivity contribution < 1.29 is 9.63 Å². The summed E-state index contributed by atoms with van der Waals surface area (Å²) in [4.78, 5) is 21.8. The van der Waals surface area contributed by atoms with Crippen LogP contribution in [0.25, 0.3) is 0 Å². The molecule has 0 fully saturated rings. The highest BCUT2D eigenvalue weighted by atomic mass is 16.6. The molecule has 0 saturated carbocycles. The minimum absolute atomic E-state index is 0.117. The van der Waals surface area contributed by atoms with Gasteiger partial charge in [0, 0.05) is 37.1 Å². The Labute approximate surface area is 160 Å². The number of para-hydroxylation sites is 1. The van der Waals surface area contributed by atoms with Gasteiger partial charge in [0.2, 0.25) is 0 Å². The number of nitrogens with zero attached hydrogens (tertiary/aromatic N) is 3. The zero-order valence-corrected chi connectivity index (χ0v) is 16.1. The number of amides is 1. The maximum absolute atomic E-state index is 12.7. The topological polar surface area (TPSA) is 71.2 Å². The molecule has 142 valence electrons. The quantitative estimate of drug-likeness (QED) is 0.502. The van der Waals surface area contributed by atoms with Gasteiger partial charge in [-0.05, 0) is 55.7 Å². The van der Waals surface area contributed by atoms with Crippen LogP contribution in [-0.4, -0.2) is 38.5 Å². The minimum atomic E-state index is -0.144. The van der Waals surface area contributed by atoms with Crippen molar-refractivity contribution in [3.8, 4) is 0 Å². The van der Waals surface area contributed by atoms with Crippen LogP contribution < -0.4 is 15.5 Å². The molecule has 3 rings (SSSR count). The van der Waals surface area contributed by atoms with Gasteiger partial charge in [-0.2, -0.15) is 0 Å². The summed E-state index contributed by atoms with van der Waals surface area (Å²) in [6.45, 7) is 1.91. The molecule has 0 unspecified atom stereocenters. The first-order valence-electron chi connectivity index (χ1n) is 9.10. The third kappa shape index (κ3) is 4.22. The van der Waals surface area contributed by atoms with E-state index in [1.54, 1.807) is 4.90 Å². The van der Waals surface area contributed by atoms with Crippen LogP contribution >= 0.6 is 0 Å². The fourth-order valence-corrected chi connectivity index (χ4v) is 3.28. The maximum Gasteiger partial charge on any atom is 0.268 e. The van der Waals surface area contributed by atoms with Crippen LogP contribution in [0.4, 0.5) is 11.4 Å². The highest BCUT2D eigenvalue weighted by molar-refractivity contribution is 5.98. The van der Waals surface area contributed by atoms with E-state index in [0.29, 0.717) is 0 Å². The number of amidine groups is 1. The van der Waals surface area contributed by atoms with Gasteiger partial charge in [-0.3, -0.25) is 4.79 Å². The van der Waals surface area contributed by atoms with Gasteiger partial charge in [0.1, 0.15) is 0 Å². The van der Waals surface area contributed by atoms with Crippen LogP contribution in [0, 0.1) is 0 Å². The van der Waals surface area contributed by atoms with Crippen molar-refractivity contribution >= 4 is 23.1 Å². The number of carbonyl (C=O) groups excluding carboxylic acids is 1. The third-order valence-corrected chi connectivity index (χ3v) is 4.82. The summed E-state index contributed by atoms with van der Waals surface area (Å²) in [5.41, 5.74) is 9.95. The van der Waals surface area contributed by atoms with Gasteiger partial charge in [-0.1, -0.05) is 23.4 Å². The Bertz CT molecular complexity index is 830. The molecule has 6 heteroatoms. The van der Waals surface area contributed by atoms with E-state index in [1.165, 1.54) is 5.56 Å². The molecule has 0 aliphatic carbocycles. The van der Waals surface area contributed by atoms with E-state index in [2.05, 4.69) is 18.1 Å². The van der Waals surface area contributed by atoms with Crippen molar-refractivity contribution in [3.05, 3.63) is 59.7 Å². The predicted octanol–water partition coefficient (Wildman–Crippen LogP) is 2.76. The van der Waals surface area contributed by atoms with Gasteiger partial charge in [0.05, 0.1) is 0 Å². The fraction of sp³-hybridized carbons (Fsp3) is 0.333. The second kappa shape index (κ2) is 8.12. The van der Waals surface area contributed by atoms with Gasteiger partial charge < -0.3 is 20.4 Å². The first kappa shape index (κ1) is 18.8. The number of nitrogens with two attached hydrogens (primary N) is 1. The molecule has 0 bridgehead atoms. The SMILES string of the molecule is C[C@@H]1CCc2ccccc2N1C(=O)CO/N=C(\N)c1ccc(N(C)C)cc1. The highest BCUT2D eigenvalue weighted by Crippen LogP contribution is 2.30. The molecule has 2 N–H and O–H groups in total. The Balaban J connectivity index is 1.64. The molecule has 1 atom stereocenters. The summed E-state index contributed by atoms with van der Waals surface area (Å²) in [5.74, 6) is 0.134. The summed E-state index contributed by atoms with van der Waals surface area (Å²) in [5, 5.41) is 3.92. The van der Waals surface area contributed by atoms with Gasteiger partial charge >= 0.3 is 0 Å².